The summed E-state index contributed by atoms with van der Waals surface area (Å²) in [5.74, 6) is -0.0959. The molecule has 0 unspecified atom stereocenters. The third-order valence-electron chi connectivity index (χ3n) is 6.39. The number of allylic oxidation sites excluding steroid dienone is 2. The van der Waals surface area contributed by atoms with Crippen molar-refractivity contribution in [2.24, 2.45) is 35.5 Å². The van der Waals surface area contributed by atoms with Crippen LogP contribution in [-0.4, -0.2) is 17.0 Å². The SMILES string of the molecule is O=C(O)[C@@H]1[C@H]2C=C[C@@H]([C@@H]3C[C@H]23)[C@@H]1C(=O)Nc1ccc(Oc2cccc(Cl)c2)cc1. The predicted octanol–water partition coefficient (Wildman–Crippen LogP) is 4.84. The molecular weight excluding hydrogens is 390 g/mol. The van der Waals surface area contributed by atoms with Crippen LogP contribution in [0.2, 0.25) is 5.02 Å². The number of hydrogen-bond acceptors (Lipinski definition) is 3. The smallest absolute Gasteiger partial charge is 0.307 e. The molecule has 4 aliphatic rings. The molecule has 5 nitrogen and oxygen atoms in total. The average Bonchev–Trinajstić information content (AvgIpc) is 3.51. The zero-order valence-electron chi connectivity index (χ0n) is 15.5. The number of fused-ring (bicyclic) bond motifs is 1. The normalized spacial score (nSPS) is 31.1. The van der Waals surface area contributed by atoms with Gasteiger partial charge in [0.15, 0.2) is 0 Å². The Kier molecular flexibility index (Phi) is 4.36. The summed E-state index contributed by atoms with van der Waals surface area (Å²) >= 11 is 5.97. The van der Waals surface area contributed by atoms with Gasteiger partial charge in [0.25, 0.3) is 0 Å². The fourth-order valence-electron chi connectivity index (χ4n) is 5.07. The Labute approximate surface area is 173 Å². The number of nitrogens with one attached hydrogen (secondary N) is 1. The van der Waals surface area contributed by atoms with E-state index in [9.17, 15) is 14.7 Å². The minimum absolute atomic E-state index is 0.0216. The first-order valence-electron chi connectivity index (χ1n) is 9.77. The molecule has 0 saturated heterocycles. The van der Waals surface area contributed by atoms with Gasteiger partial charge in [0.05, 0.1) is 11.8 Å². The van der Waals surface area contributed by atoms with Crippen molar-refractivity contribution >= 4 is 29.2 Å². The molecule has 0 aliphatic heterocycles. The number of anilines is 1. The molecule has 2 fully saturated rings. The molecule has 6 atom stereocenters. The van der Waals surface area contributed by atoms with E-state index < -0.39 is 17.8 Å². The highest BCUT2D eigenvalue weighted by Gasteiger charge is 2.62. The number of benzene rings is 2. The monoisotopic (exact) mass is 409 g/mol. The zero-order valence-corrected chi connectivity index (χ0v) is 16.3. The number of ether oxygens (including phenoxy) is 1. The molecule has 0 spiro atoms. The minimum Gasteiger partial charge on any atom is -0.481 e. The number of hydrogen-bond donors (Lipinski definition) is 2. The maximum Gasteiger partial charge on any atom is 0.307 e. The molecule has 29 heavy (non-hydrogen) atoms. The first-order valence-corrected chi connectivity index (χ1v) is 10.1. The van der Waals surface area contributed by atoms with E-state index in [-0.39, 0.29) is 17.7 Å². The first-order chi connectivity index (χ1) is 14.0. The van der Waals surface area contributed by atoms with E-state index >= 15 is 0 Å². The van der Waals surface area contributed by atoms with Crippen molar-refractivity contribution in [2.75, 3.05) is 5.32 Å². The van der Waals surface area contributed by atoms with Gasteiger partial charge in [-0.2, -0.15) is 0 Å². The van der Waals surface area contributed by atoms with Crippen LogP contribution >= 0.6 is 11.6 Å². The summed E-state index contributed by atoms with van der Waals surface area (Å²) in [6.45, 7) is 0. The molecule has 6 heteroatoms. The number of carboxylic acid groups (broad SMARTS) is 1. The lowest BCUT2D eigenvalue weighted by molar-refractivity contribution is -0.152. The van der Waals surface area contributed by atoms with Crippen LogP contribution in [0.3, 0.4) is 0 Å². The molecule has 6 rings (SSSR count). The van der Waals surface area contributed by atoms with Crippen molar-refractivity contribution in [1.29, 1.82) is 0 Å². The Morgan fingerprint density at radius 3 is 2.31 bits per heavy atom. The van der Waals surface area contributed by atoms with Gasteiger partial charge < -0.3 is 15.2 Å². The van der Waals surface area contributed by atoms with Gasteiger partial charge in [0.2, 0.25) is 5.91 Å². The molecule has 4 aliphatic carbocycles. The van der Waals surface area contributed by atoms with Crippen LogP contribution < -0.4 is 10.1 Å². The highest BCUT2D eigenvalue weighted by molar-refractivity contribution is 6.30. The summed E-state index contributed by atoms with van der Waals surface area (Å²) in [6, 6.07) is 14.1. The lowest BCUT2D eigenvalue weighted by atomic mass is 9.62. The van der Waals surface area contributed by atoms with Crippen LogP contribution in [0, 0.1) is 35.5 Å². The van der Waals surface area contributed by atoms with Crippen molar-refractivity contribution in [1.82, 2.24) is 0 Å². The second kappa shape index (κ2) is 6.92. The number of halogens is 1. The molecule has 2 aromatic carbocycles. The van der Waals surface area contributed by atoms with E-state index in [1.54, 1.807) is 36.4 Å². The molecule has 2 saturated carbocycles. The largest absolute Gasteiger partial charge is 0.481 e. The van der Waals surface area contributed by atoms with Crippen molar-refractivity contribution in [2.45, 2.75) is 6.42 Å². The molecule has 1 amide bonds. The quantitative estimate of drug-likeness (QED) is 0.693. The molecule has 0 aromatic heterocycles. The molecule has 2 bridgehead atoms. The summed E-state index contributed by atoms with van der Waals surface area (Å²) < 4.78 is 5.76. The number of aliphatic carboxylic acids is 1. The molecule has 2 N–H and O–H groups in total. The van der Waals surface area contributed by atoms with Gasteiger partial charge in [-0.1, -0.05) is 29.8 Å². The lowest BCUT2D eigenvalue weighted by Gasteiger charge is -2.41. The lowest BCUT2D eigenvalue weighted by Crippen LogP contribution is -2.48. The second-order valence-electron chi connectivity index (χ2n) is 8.07. The number of rotatable bonds is 5. The Bertz CT molecular complexity index is 1000. The van der Waals surface area contributed by atoms with E-state index in [1.165, 1.54) is 0 Å². The van der Waals surface area contributed by atoms with Crippen molar-refractivity contribution in [3.05, 3.63) is 65.7 Å². The van der Waals surface area contributed by atoms with Crippen LogP contribution in [0.4, 0.5) is 5.69 Å². The van der Waals surface area contributed by atoms with Gasteiger partial charge >= 0.3 is 5.97 Å². The fraction of sp³-hybridized carbons (Fsp3) is 0.304. The Morgan fingerprint density at radius 2 is 1.66 bits per heavy atom. The van der Waals surface area contributed by atoms with Crippen LogP contribution in [-0.2, 0) is 9.59 Å². The maximum absolute atomic E-state index is 13.0. The molecule has 2 aromatic rings. The fourth-order valence-corrected chi connectivity index (χ4v) is 5.25. The van der Waals surface area contributed by atoms with Crippen LogP contribution in [0.5, 0.6) is 11.5 Å². The number of carboxylic acids is 1. The van der Waals surface area contributed by atoms with Crippen LogP contribution in [0.25, 0.3) is 0 Å². The predicted molar refractivity (Wildman–Crippen MR) is 109 cm³/mol. The van der Waals surface area contributed by atoms with Crippen molar-refractivity contribution in [3.63, 3.8) is 0 Å². The van der Waals surface area contributed by atoms with E-state index in [4.69, 9.17) is 16.3 Å². The van der Waals surface area contributed by atoms with Crippen molar-refractivity contribution < 1.29 is 19.4 Å². The molecule has 0 radical (unpaired) electrons. The average molecular weight is 410 g/mol. The number of carbonyl (C=O) groups is 2. The number of amides is 1. The van der Waals surface area contributed by atoms with E-state index in [1.807, 2.05) is 18.2 Å². The summed E-state index contributed by atoms with van der Waals surface area (Å²) in [5, 5.41) is 13.2. The first kappa shape index (κ1) is 18.3. The Morgan fingerprint density at radius 1 is 0.966 bits per heavy atom. The molecule has 148 valence electrons. The summed E-state index contributed by atoms with van der Waals surface area (Å²) in [6.07, 6.45) is 5.11. The van der Waals surface area contributed by atoms with Gasteiger partial charge in [0.1, 0.15) is 11.5 Å². The number of carbonyl (C=O) groups excluding carboxylic acids is 1. The third kappa shape index (κ3) is 3.29. The second-order valence-corrected chi connectivity index (χ2v) is 8.50. The zero-order chi connectivity index (χ0) is 20.1. The van der Waals surface area contributed by atoms with Gasteiger partial charge in [-0.05, 0) is 72.6 Å². The van der Waals surface area contributed by atoms with E-state index in [2.05, 4.69) is 11.4 Å². The minimum atomic E-state index is -0.875. The Hall–Kier alpha value is -2.79. The topological polar surface area (TPSA) is 75.6 Å². The third-order valence-corrected chi connectivity index (χ3v) is 6.63. The highest BCUT2D eigenvalue weighted by atomic mass is 35.5. The standard InChI is InChI=1S/C23H20ClNO4/c24-12-2-1-3-15(10-12)29-14-6-4-13(5-7-14)25-22(26)20-16-8-9-17(19-11-18(16)19)21(20)23(27)28/h1-10,16-21H,11H2,(H,25,26)(H,27,28)/t16-,17-,18-,19+,20-,21+/m0/s1. The van der Waals surface area contributed by atoms with Gasteiger partial charge in [0, 0.05) is 10.7 Å². The van der Waals surface area contributed by atoms with Crippen LogP contribution in [0.1, 0.15) is 6.42 Å². The summed E-state index contributed by atoms with van der Waals surface area (Å²) in [5.41, 5.74) is 0.621. The van der Waals surface area contributed by atoms with Gasteiger partial charge in [-0.3, -0.25) is 9.59 Å². The van der Waals surface area contributed by atoms with Gasteiger partial charge in [-0.15, -0.1) is 0 Å². The molecular formula is C23H20ClNO4. The summed E-state index contributed by atoms with van der Waals surface area (Å²) in [7, 11) is 0. The van der Waals surface area contributed by atoms with Gasteiger partial charge in [-0.25, -0.2) is 0 Å². The maximum atomic E-state index is 13.0. The van der Waals surface area contributed by atoms with Crippen LogP contribution in [0.15, 0.2) is 60.7 Å². The van der Waals surface area contributed by atoms with E-state index in [0.717, 1.165) is 6.42 Å². The highest BCUT2D eigenvalue weighted by Crippen LogP contribution is 2.63. The molecule has 0 heterocycles. The van der Waals surface area contributed by atoms with E-state index in [0.29, 0.717) is 34.0 Å². The van der Waals surface area contributed by atoms with Crippen molar-refractivity contribution in [3.8, 4) is 11.5 Å². The Balaban J connectivity index is 1.29. The summed E-state index contributed by atoms with van der Waals surface area (Å²) in [4.78, 5) is 24.9.